The fourth-order valence-electron chi connectivity index (χ4n) is 2.29. The maximum Gasteiger partial charge on any atom is 0.416 e. The Balaban J connectivity index is 3.54. The van der Waals surface area contributed by atoms with E-state index in [1.807, 2.05) is 19.6 Å². The lowest BCUT2D eigenvalue weighted by Crippen LogP contribution is -2.52. The number of carbonyl (C=O) groups is 2. The summed E-state index contributed by atoms with van der Waals surface area (Å²) in [7, 11) is -2.07. The van der Waals surface area contributed by atoms with Gasteiger partial charge in [-0.15, -0.1) is 0 Å². The van der Waals surface area contributed by atoms with Crippen molar-refractivity contribution in [2.45, 2.75) is 45.0 Å². The number of rotatable bonds is 5. The van der Waals surface area contributed by atoms with Crippen molar-refractivity contribution in [3.8, 4) is 0 Å². The summed E-state index contributed by atoms with van der Waals surface area (Å²) in [6, 6.07) is -0.546. The van der Waals surface area contributed by atoms with Crippen LogP contribution in [0.15, 0.2) is 18.2 Å². The van der Waals surface area contributed by atoms with Gasteiger partial charge in [-0.25, -0.2) is 0 Å². The molecule has 2 N–H and O–H groups in total. The van der Waals surface area contributed by atoms with Gasteiger partial charge in [0, 0.05) is 11.7 Å². The predicted molar refractivity (Wildman–Crippen MR) is 89.5 cm³/mol. The van der Waals surface area contributed by atoms with Crippen molar-refractivity contribution in [2.75, 3.05) is 6.17 Å². The van der Waals surface area contributed by atoms with Gasteiger partial charge in [0.05, 0.1) is 19.2 Å². The summed E-state index contributed by atoms with van der Waals surface area (Å²) in [4.78, 5) is 25.2. The largest absolute Gasteiger partial charge is 0.416 e. The Morgan fingerprint density at radius 2 is 1.41 bits per heavy atom. The molecular formula is C16H20F6N2O2Si. The van der Waals surface area contributed by atoms with Gasteiger partial charge in [-0.05, 0) is 25.1 Å². The molecule has 0 saturated heterocycles. The SMILES string of the molecule is CC(C(N)=O)N(C[Si](C)(C)C)C(=O)c1cc(C(F)(F)F)cc(C(F)(F)F)c1. The number of amides is 2. The quantitative estimate of drug-likeness (QED) is 0.586. The first-order valence-electron chi connectivity index (χ1n) is 7.83. The molecule has 152 valence electrons. The van der Waals surface area contributed by atoms with E-state index in [4.69, 9.17) is 5.73 Å². The van der Waals surface area contributed by atoms with E-state index >= 15 is 0 Å². The van der Waals surface area contributed by atoms with Crippen LogP contribution in [0.1, 0.15) is 28.4 Å². The summed E-state index contributed by atoms with van der Waals surface area (Å²) in [5, 5.41) is 0. The number of nitrogens with two attached hydrogens (primary N) is 1. The zero-order valence-corrected chi connectivity index (χ0v) is 16.1. The van der Waals surface area contributed by atoms with Crippen molar-refractivity contribution in [2.24, 2.45) is 5.73 Å². The number of halogens is 6. The molecule has 0 spiro atoms. The summed E-state index contributed by atoms with van der Waals surface area (Å²) < 4.78 is 78.0. The van der Waals surface area contributed by atoms with E-state index in [9.17, 15) is 35.9 Å². The molecule has 0 heterocycles. The van der Waals surface area contributed by atoms with Crippen LogP contribution in [0.25, 0.3) is 0 Å². The molecule has 27 heavy (non-hydrogen) atoms. The third-order valence-electron chi connectivity index (χ3n) is 3.62. The molecule has 0 aromatic heterocycles. The first-order valence-corrected chi connectivity index (χ1v) is 11.5. The standard InChI is InChI=1S/C16H20F6N2O2Si/c1-9(13(23)25)24(8-27(2,3)4)14(26)10-5-11(15(17,18)19)7-12(6-10)16(20,21)22/h5-7,9H,8H2,1-4H3,(H2,23,25). The van der Waals surface area contributed by atoms with Gasteiger partial charge >= 0.3 is 12.4 Å². The lowest BCUT2D eigenvalue weighted by Gasteiger charge is -2.32. The van der Waals surface area contributed by atoms with E-state index < -0.39 is 55.0 Å². The number of primary amides is 1. The van der Waals surface area contributed by atoms with Gasteiger partial charge in [-0.3, -0.25) is 9.59 Å². The highest BCUT2D eigenvalue weighted by atomic mass is 28.3. The second-order valence-electron chi connectivity index (χ2n) is 7.37. The maximum absolute atomic E-state index is 13.0. The number of carbonyl (C=O) groups excluding carboxylic acids is 2. The van der Waals surface area contributed by atoms with Gasteiger partial charge in [0.2, 0.25) is 5.91 Å². The minimum Gasteiger partial charge on any atom is -0.368 e. The van der Waals surface area contributed by atoms with Crippen molar-refractivity contribution in [1.29, 1.82) is 0 Å². The molecule has 0 aliphatic rings. The molecule has 0 radical (unpaired) electrons. The van der Waals surface area contributed by atoms with Crippen LogP contribution in [0.4, 0.5) is 26.3 Å². The van der Waals surface area contributed by atoms with Gasteiger partial charge < -0.3 is 10.6 Å². The summed E-state index contributed by atoms with van der Waals surface area (Å²) in [6.07, 6.45) is -10.1. The van der Waals surface area contributed by atoms with Crippen LogP contribution in [0, 0.1) is 0 Å². The first kappa shape index (κ1) is 23.0. The van der Waals surface area contributed by atoms with Crippen LogP contribution in [-0.4, -0.2) is 37.0 Å². The highest BCUT2D eigenvalue weighted by molar-refractivity contribution is 6.76. The van der Waals surface area contributed by atoms with Gasteiger partial charge in [0.1, 0.15) is 6.04 Å². The Morgan fingerprint density at radius 1 is 1.00 bits per heavy atom. The topological polar surface area (TPSA) is 63.4 Å². The Bertz CT molecular complexity index is 693. The molecule has 0 saturated carbocycles. The van der Waals surface area contributed by atoms with Crippen LogP contribution in [0.3, 0.4) is 0 Å². The lowest BCUT2D eigenvalue weighted by molar-refractivity contribution is -0.143. The smallest absolute Gasteiger partial charge is 0.368 e. The first-order chi connectivity index (χ1) is 11.9. The molecule has 0 bridgehead atoms. The summed E-state index contributed by atoms with van der Waals surface area (Å²) >= 11 is 0. The minimum absolute atomic E-state index is 0.0353. The Labute approximate surface area is 153 Å². The van der Waals surface area contributed by atoms with Gasteiger partial charge in [-0.2, -0.15) is 26.3 Å². The Morgan fingerprint density at radius 3 is 1.70 bits per heavy atom. The molecule has 11 heteroatoms. The van der Waals surface area contributed by atoms with Crippen LogP contribution in [0.5, 0.6) is 0 Å². The van der Waals surface area contributed by atoms with Crippen molar-refractivity contribution in [3.05, 3.63) is 34.9 Å². The third kappa shape index (κ3) is 6.26. The average Bonchev–Trinajstić information content (AvgIpc) is 2.48. The Kier molecular flexibility index (Phi) is 6.41. The van der Waals surface area contributed by atoms with Gasteiger partial charge in [0.15, 0.2) is 0 Å². The molecule has 1 aromatic carbocycles. The second-order valence-corrected chi connectivity index (χ2v) is 12.8. The zero-order valence-electron chi connectivity index (χ0n) is 15.1. The van der Waals surface area contributed by atoms with Crippen LogP contribution in [0.2, 0.25) is 19.6 Å². The monoisotopic (exact) mass is 414 g/mol. The summed E-state index contributed by atoms with van der Waals surface area (Å²) in [5.74, 6) is -2.02. The highest BCUT2D eigenvalue weighted by Gasteiger charge is 2.39. The Hall–Kier alpha value is -2.04. The number of benzene rings is 1. The molecule has 0 aliphatic carbocycles. The van der Waals surface area contributed by atoms with Crippen molar-refractivity contribution in [1.82, 2.24) is 4.90 Å². The van der Waals surface area contributed by atoms with Gasteiger partial charge in [0.25, 0.3) is 5.91 Å². The number of alkyl halides is 6. The molecule has 1 unspecified atom stereocenters. The number of hydrogen-bond acceptors (Lipinski definition) is 2. The van der Waals surface area contributed by atoms with E-state index in [1.54, 1.807) is 0 Å². The summed E-state index contributed by atoms with van der Waals surface area (Å²) in [6.45, 7) is 6.76. The fraction of sp³-hybridized carbons (Fsp3) is 0.500. The summed E-state index contributed by atoms with van der Waals surface area (Å²) in [5.41, 5.74) is 1.20. The molecule has 0 fully saturated rings. The molecule has 1 aromatic rings. The number of hydrogen-bond donors (Lipinski definition) is 1. The van der Waals surface area contributed by atoms with E-state index in [0.29, 0.717) is 12.1 Å². The van der Waals surface area contributed by atoms with Crippen LogP contribution < -0.4 is 5.73 Å². The lowest BCUT2D eigenvalue weighted by atomic mass is 10.0. The van der Waals surface area contributed by atoms with Crippen molar-refractivity contribution < 1.29 is 35.9 Å². The molecule has 1 rings (SSSR count). The normalized spacial score (nSPS) is 14.0. The van der Waals surface area contributed by atoms with Crippen LogP contribution in [-0.2, 0) is 17.1 Å². The molecule has 4 nitrogen and oxygen atoms in total. The molecule has 0 aliphatic heterocycles. The van der Waals surface area contributed by atoms with Crippen LogP contribution >= 0.6 is 0 Å². The predicted octanol–water partition coefficient (Wildman–Crippen LogP) is 3.92. The van der Waals surface area contributed by atoms with E-state index in [1.165, 1.54) is 6.92 Å². The average molecular weight is 414 g/mol. The van der Waals surface area contributed by atoms with Crippen molar-refractivity contribution >= 4 is 19.9 Å². The van der Waals surface area contributed by atoms with E-state index in [0.717, 1.165) is 4.90 Å². The van der Waals surface area contributed by atoms with E-state index in [-0.39, 0.29) is 12.2 Å². The van der Waals surface area contributed by atoms with E-state index in [2.05, 4.69) is 0 Å². The molecule has 1 atom stereocenters. The molecular weight excluding hydrogens is 394 g/mol. The maximum atomic E-state index is 13.0. The minimum atomic E-state index is -5.07. The zero-order chi connectivity index (χ0) is 21.4. The highest BCUT2D eigenvalue weighted by Crippen LogP contribution is 2.36. The fourth-order valence-corrected chi connectivity index (χ4v) is 3.73. The van der Waals surface area contributed by atoms with Gasteiger partial charge in [-0.1, -0.05) is 19.6 Å². The third-order valence-corrected chi connectivity index (χ3v) is 4.91. The second kappa shape index (κ2) is 7.53. The van der Waals surface area contributed by atoms with Crippen molar-refractivity contribution in [3.63, 3.8) is 0 Å². The number of nitrogens with zero attached hydrogens (tertiary/aromatic N) is 1. The molecule has 2 amide bonds.